The molecule has 6 nitrogen and oxygen atoms in total. The van der Waals surface area contributed by atoms with Crippen LogP contribution in [0, 0.1) is 5.92 Å². The zero-order chi connectivity index (χ0) is 21.4. The van der Waals surface area contributed by atoms with Gasteiger partial charge in [-0.3, -0.25) is 4.99 Å². The summed E-state index contributed by atoms with van der Waals surface area (Å²) in [6.45, 7) is 4.26. The molecular weight excluding hydrogens is 380 g/mol. The molecule has 0 fully saturated rings. The van der Waals surface area contributed by atoms with Gasteiger partial charge in [0.2, 0.25) is 0 Å². The number of ether oxygens (including phenoxy) is 2. The number of carbonyl (C=O) groups excluding carboxylic acids is 1. The Hall–Kier alpha value is -3.28. The number of benzene rings is 1. The first kappa shape index (κ1) is 20.0. The molecule has 4 rings (SSSR count). The third kappa shape index (κ3) is 3.54. The molecule has 0 radical (unpaired) electrons. The first-order chi connectivity index (χ1) is 14.4. The minimum absolute atomic E-state index is 0.0199. The number of hydrogen-bond acceptors (Lipinski definition) is 6. The second-order valence-corrected chi connectivity index (χ2v) is 7.79. The van der Waals surface area contributed by atoms with Crippen molar-refractivity contribution in [2.75, 3.05) is 21.3 Å². The van der Waals surface area contributed by atoms with Crippen molar-refractivity contribution < 1.29 is 18.7 Å². The number of carbonyl (C=O) groups is 1. The van der Waals surface area contributed by atoms with Crippen LogP contribution in [-0.4, -0.2) is 49.9 Å². The number of aliphatic imine (C=N–C) groups is 1. The minimum atomic E-state index is -0.335. The van der Waals surface area contributed by atoms with Gasteiger partial charge in [-0.25, -0.2) is 4.79 Å². The van der Waals surface area contributed by atoms with E-state index in [0.717, 1.165) is 28.1 Å². The number of methoxy groups -OCH3 is 2. The molecule has 30 heavy (non-hydrogen) atoms. The first-order valence-corrected chi connectivity index (χ1v) is 10.0. The van der Waals surface area contributed by atoms with E-state index in [4.69, 9.17) is 18.9 Å². The highest BCUT2D eigenvalue weighted by atomic mass is 16.5. The summed E-state index contributed by atoms with van der Waals surface area (Å²) in [4.78, 5) is 19.2. The summed E-state index contributed by atoms with van der Waals surface area (Å²) in [6.07, 6.45) is 7.82. The number of dihydropyridines is 1. The van der Waals surface area contributed by atoms with Crippen molar-refractivity contribution in [1.82, 2.24) is 4.90 Å². The van der Waals surface area contributed by atoms with Crippen LogP contribution in [0.15, 0.2) is 69.2 Å². The topological polar surface area (TPSA) is 64.3 Å². The Balaban J connectivity index is 1.78. The van der Waals surface area contributed by atoms with Gasteiger partial charge in [0.1, 0.15) is 17.0 Å². The zero-order valence-electron chi connectivity index (χ0n) is 17.9. The Morgan fingerprint density at radius 1 is 1.20 bits per heavy atom. The third-order valence-electron chi connectivity index (χ3n) is 5.64. The first-order valence-electron chi connectivity index (χ1n) is 10.0. The predicted molar refractivity (Wildman–Crippen MR) is 117 cm³/mol. The summed E-state index contributed by atoms with van der Waals surface area (Å²) in [5, 5.41) is 0.966. The highest BCUT2D eigenvalue weighted by Crippen LogP contribution is 2.33. The van der Waals surface area contributed by atoms with E-state index in [2.05, 4.69) is 24.8 Å². The fourth-order valence-corrected chi connectivity index (χ4v) is 3.72. The van der Waals surface area contributed by atoms with Crippen molar-refractivity contribution in [2.45, 2.75) is 25.9 Å². The fraction of sp³-hybridized carbons (Fsp3) is 0.333. The molecule has 0 spiro atoms. The summed E-state index contributed by atoms with van der Waals surface area (Å²) in [5.74, 6) is 1.14. The summed E-state index contributed by atoms with van der Waals surface area (Å²) in [7, 11) is 5.09. The molecule has 1 aromatic heterocycles. The Kier molecular flexibility index (Phi) is 5.24. The number of rotatable bonds is 5. The van der Waals surface area contributed by atoms with Crippen LogP contribution in [0.25, 0.3) is 11.0 Å². The second-order valence-electron chi connectivity index (χ2n) is 7.79. The Morgan fingerprint density at radius 2 is 2.00 bits per heavy atom. The van der Waals surface area contributed by atoms with E-state index in [1.807, 2.05) is 43.5 Å². The molecule has 2 atom stereocenters. The molecule has 2 unspecified atom stereocenters. The van der Waals surface area contributed by atoms with Crippen molar-refractivity contribution in [3.63, 3.8) is 0 Å². The lowest BCUT2D eigenvalue weighted by Gasteiger charge is -2.33. The number of allylic oxidation sites excluding steroid dienone is 1. The van der Waals surface area contributed by atoms with Crippen molar-refractivity contribution in [2.24, 2.45) is 10.9 Å². The monoisotopic (exact) mass is 406 g/mol. The van der Waals surface area contributed by atoms with E-state index in [1.54, 1.807) is 13.2 Å². The van der Waals surface area contributed by atoms with Crippen LogP contribution >= 0.6 is 0 Å². The van der Waals surface area contributed by atoms with Gasteiger partial charge in [-0.05, 0) is 50.3 Å². The van der Waals surface area contributed by atoms with Crippen molar-refractivity contribution in [1.29, 1.82) is 0 Å². The number of nitrogens with zero attached hydrogens (tertiary/aromatic N) is 2. The van der Waals surface area contributed by atoms with Crippen LogP contribution in [0.5, 0.6) is 5.75 Å². The standard InChI is InChI=1S/C24H26N2O4/c1-14(2)26(3)20-12-16-10-15(24(27)29-5)6-8-19(16)25-23(20)22-13-17-11-18(28-4)7-9-21(17)30-22/h6-14,16,19H,1-5H3. The van der Waals surface area contributed by atoms with Crippen molar-refractivity contribution in [3.05, 3.63) is 65.6 Å². The lowest BCUT2D eigenvalue weighted by Crippen LogP contribution is -2.35. The fourth-order valence-electron chi connectivity index (χ4n) is 3.72. The molecule has 0 saturated carbocycles. The van der Waals surface area contributed by atoms with E-state index in [9.17, 15) is 4.79 Å². The molecule has 156 valence electrons. The lowest BCUT2D eigenvalue weighted by atomic mass is 9.87. The summed E-state index contributed by atoms with van der Waals surface area (Å²) < 4.78 is 16.4. The second kappa shape index (κ2) is 7.86. The normalized spacial score (nSPS) is 20.4. The Labute approximate surface area is 176 Å². The Bertz CT molecular complexity index is 1100. The predicted octanol–water partition coefficient (Wildman–Crippen LogP) is 4.12. The molecule has 1 aliphatic carbocycles. The van der Waals surface area contributed by atoms with Gasteiger partial charge in [0.05, 0.1) is 31.5 Å². The number of likely N-dealkylation sites (N-methyl/N-ethyl adjacent to an activating group) is 1. The Morgan fingerprint density at radius 3 is 2.70 bits per heavy atom. The van der Waals surface area contributed by atoms with E-state index < -0.39 is 0 Å². The molecule has 1 aromatic carbocycles. The zero-order valence-corrected chi connectivity index (χ0v) is 17.9. The van der Waals surface area contributed by atoms with Gasteiger partial charge in [0, 0.05) is 24.4 Å². The average molecular weight is 406 g/mol. The SMILES string of the molecule is COC(=O)C1=CC2C=C(N(C)C(C)C)C(c3cc4cc(OC)ccc4o3)=NC2C=C1. The lowest BCUT2D eigenvalue weighted by molar-refractivity contribution is -0.135. The number of furan rings is 1. The van der Waals surface area contributed by atoms with Crippen LogP contribution in [0.1, 0.15) is 19.6 Å². The summed E-state index contributed by atoms with van der Waals surface area (Å²) >= 11 is 0. The van der Waals surface area contributed by atoms with Gasteiger partial charge in [-0.15, -0.1) is 0 Å². The van der Waals surface area contributed by atoms with Crippen molar-refractivity contribution >= 4 is 22.7 Å². The van der Waals surface area contributed by atoms with Gasteiger partial charge < -0.3 is 18.8 Å². The van der Waals surface area contributed by atoms with Crippen LogP contribution in [0.3, 0.4) is 0 Å². The number of esters is 1. The van der Waals surface area contributed by atoms with Crippen LogP contribution in [0.4, 0.5) is 0 Å². The molecule has 0 bridgehead atoms. The number of fused-ring (bicyclic) bond motifs is 2. The molecule has 1 aliphatic heterocycles. The third-order valence-corrected chi connectivity index (χ3v) is 5.64. The smallest absolute Gasteiger partial charge is 0.337 e. The van der Waals surface area contributed by atoms with E-state index in [1.165, 1.54) is 7.11 Å². The van der Waals surface area contributed by atoms with Gasteiger partial charge in [0.25, 0.3) is 0 Å². The summed E-state index contributed by atoms with van der Waals surface area (Å²) in [5.41, 5.74) is 3.13. The molecule has 2 aliphatic rings. The molecular formula is C24H26N2O4. The highest BCUT2D eigenvalue weighted by Gasteiger charge is 2.31. The maximum absolute atomic E-state index is 12.0. The van der Waals surface area contributed by atoms with E-state index in [-0.39, 0.29) is 24.0 Å². The highest BCUT2D eigenvalue weighted by molar-refractivity contribution is 6.13. The number of hydrogen-bond donors (Lipinski definition) is 0. The summed E-state index contributed by atoms with van der Waals surface area (Å²) in [6, 6.07) is 7.92. The quantitative estimate of drug-likeness (QED) is 0.699. The van der Waals surface area contributed by atoms with E-state index in [0.29, 0.717) is 11.3 Å². The minimum Gasteiger partial charge on any atom is -0.497 e. The molecule has 2 aromatic rings. The van der Waals surface area contributed by atoms with Crippen molar-refractivity contribution in [3.8, 4) is 5.75 Å². The van der Waals surface area contributed by atoms with Gasteiger partial charge >= 0.3 is 5.97 Å². The molecule has 6 heteroatoms. The largest absolute Gasteiger partial charge is 0.497 e. The average Bonchev–Trinajstić information content (AvgIpc) is 3.19. The van der Waals surface area contributed by atoms with Gasteiger partial charge in [-0.1, -0.05) is 12.2 Å². The van der Waals surface area contributed by atoms with Gasteiger partial charge in [0.15, 0.2) is 5.76 Å². The molecule has 0 amide bonds. The maximum atomic E-state index is 12.0. The molecule has 0 N–H and O–H groups in total. The molecule has 2 heterocycles. The maximum Gasteiger partial charge on any atom is 0.337 e. The van der Waals surface area contributed by atoms with Crippen LogP contribution < -0.4 is 4.74 Å². The van der Waals surface area contributed by atoms with Crippen LogP contribution in [-0.2, 0) is 9.53 Å². The van der Waals surface area contributed by atoms with Gasteiger partial charge in [-0.2, -0.15) is 0 Å². The molecule has 0 saturated heterocycles. The van der Waals surface area contributed by atoms with Crippen LogP contribution in [0.2, 0.25) is 0 Å². The van der Waals surface area contributed by atoms with E-state index >= 15 is 0 Å².